The molecule has 2 N–H and O–H groups in total. The molecular formula is C14H22N2O2. The zero-order chi connectivity index (χ0) is 13.5. The van der Waals surface area contributed by atoms with Crippen molar-refractivity contribution in [3.8, 4) is 5.75 Å². The summed E-state index contributed by atoms with van der Waals surface area (Å²) in [6, 6.07) is 5.17. The minimum absolute atomic E-state index is 0.0563. The Hall–Kier alpha value is -1.71. The second-order valence-corrected chi connectivity index (χ2v) is 4.51. The Bertz CT molecular complexity index is 403. The van der Waals surface area contributed by atoms with Gasteiger partial charge in [0.05, 0.1) is 12.3 Å². The molecule has 100 valence electrons. The molecular weight excluding hydrogens is 228 g/mol. The van der Waals surface area contributed by atoms with Gasteiger partial charge in [-0.05, 0) is 24.6 Å². The van der Waals surface area contributed by atoms with Crippen molar-refractivity contribution in [2.45, 2.75) is 26.2 Å². The third-order valence-electron chi connectivity index (χ3n) is 2.67. The van der Waals surface area contributed by atoms with Gasteiger partial charge in [-0.15, -0.1) is 0 Å². The van der Waals surface area contributed by atoms with Crippen LogP contribution in [-0.2, 0) is 0 Å². The number of rotatable bonds is 6. The van der Waals surface area contributed by atoms with Gasteiger partial charge in [-0.3, -0.25) is 4.79 Å². The Balaban J connectivity index is 2.65. The Morgan fingerprint density at radius 2 is 2.06 bits per heavy atom. The number of carbonyl (C=O) groups is 1. The van der Waals surface area contributed by atoms with Crippen LogP contribution in [0, 0.1) is 0 Å². The number of nitrogen functional groups attached to an aromatic ring is 1. The van der Waals surface area contributed by atoms with E-state index in [0.29, 0.717) is 23.6 Å². The molecule has 1 aromatic rings. The number of carbonyl (C=O) groups excluding carboxylic acids is 1. The van der Waals surface area contributed by atoms with Crippen LogP contribution in [0.25, 0.3) is 0 Å². The maximum absolute atomic E-state index is 11.7. The summed E-state index contributed by atoms with van der Waals surface area (Å²) in [6.45, 7) is 2.81. The zero-order valence-electron chi connectivity index (χ0n) is 11.4. The normalized spacial score (nSPS) is 10.2. The van der Waals surface area contributed by atoms with Crippen LogP contribution in [-0.4, -0.2) is 31.5 Å². The highest BCUT2D eigenvalue weighted by molar-refractivity contribution is 5.95. The molecule has 0 heterocycles. The van der Waals surface area contributed by atoms with Gasteiger partial charge < -0.3 is 15.4 Å². The molecule has 0 aromatic heterocycles. The summed E-state index contributed by atoms with van der Waals surface area (Å²) in [5.41, 5.74) is 6.97. The number of benzene rings is 1. The number of anilines is 1. The lowest BCUT2D eigenvalue weighted by Crippen LogP contribution is -2.21. The van der Waals surface area contributed by atoms with Crippen LogP contribution in [0.4, 0.5) is 5.69 Å². The number of ether oxygens (including phenoxy) is 1. The van der Waals surface area contributed by atoms with Gasteiger partial charge >= 0.3 is 0 Å². The molecule has 1 rings (SSSR count). The topological polar surface area (TPSA) is 55.6 Å². The van der Waals surface area contributed by atoms with Crippen molar-refractivity contribution in [1.82, 2.24) is 4.90 Å². The quantitative estimate of drug-likeness (QED) is 0.623. The number of unbranched alkanes of at least 4 members (excludes halogenated alkanes) is 2. The van der Waals surface area contributed by atoms with E-state index in [0.717, 1.165) is 19.3 Å². The Labute approximate surface area is 109 Å². The molecule has 0 bridgehead atoms. The van der Waals surface area contributed by atoms with Crippen LogP contribution in [0.15, 0.2) is 18.2 Å². The van der Waals surface area contributed by atoms with Gasteiger partial charge in [-0.25, -0.2) is 0 Å². The van der Waals surface area contributed by atoms with Crippen molar-refractivity contribution >= 4 is 11.6 Å². The first-order valence-corrected chi connectivity index (χ1v) is 6.30. The first-order chi connectivity index (χ1) is 8.56. The fourth-order valence-corrected chi connectivity index (χ4v) is 1.61. The van der Waals surface area contributed by atoms with E-state index < -0.39 is 0 Å². The lowest BCUT2D eigenvalue weighted by atomic mass is 10.1. The molecule has 4 nitrogen and oxygen atoms in total. The molecule has 1 aromatic carbocycles. The third-order valence-corrected chi connectivity index (χ3v) is 2.67. The average Bonchev–Trinajstić information content (AvgIpc) is 2.35. The van der Waals surface area contributed by atoms with Crippen LogP contribution in [0.1, 0.15) is 36.5 Å². The minimum atomic E-state index is -0.0563. The maximum atomic E-state index is 11.7. The first kappa shape index (κ1) is 14.4. The molecule has 0 saturated heterocycles. The number of amides is 1. The lowest BCUT2D eigenvalue weighted by Gasteiger charge is -2.13. The van der Waals surface area contributed by atoms with Crippen molar-refractivity contribution in [2.24, 2.45) is 0 Å². The first-order valence-electron chi connectivity index (χ1n) is 6.30. The molecule has 0 spiro atoms. The smallest absolute Gasteiger partial charge is 0.253 e. The highest BCUT2D eigenvalue weighted by atomic mass is 16.5. The Morgan fingerprint density at radius 3 is 2.61 bits per heavy atom. The van der Waals surface area contributed by atoms with Gasteiger partial charge in [-0.2, -0.15) is 0 Å². The zero-order valence-corrected chi connectivity index (χ0v) is 11.4. The average molecular weight is 250 g/mol. The van der Waals surface area contributed by atoms with Gasteiger partial charge in [0.15, 0.2) is 0 Å². The van der Waals surface area contributed by atoms with E-state index in [4.69, 9.17) is 10.5 Å². The van der Waals surface area contributed by atoms with Crippen molar-refractivity contribution < 1.29 is 9.53 Å². The molecule has 4 heteroatoms. The summed E-state index contributed by atoms with van der Waals surface area (Å²) in [7, 11) is 3.43. The van der Waals surface area contributed by atoms with E-state index in [1.165, 1.54) is 4.90 Å². The van der Waals surface area contributed by atoms with Gasteiger partial charge in [0.25, 0.3) is 5.91 Å². The van der Waals surface area contributed by atoms with Gasteiger partial charge in [0.2, 0.25) is 0 Å². The minimum Gasteiger partial charge on any atom is -0.491 e. The molecule has 0 atom stereocenters. The van der Waals surface area contributed by atoms with Crippen LogP contribution < -0.4 is 10.5 Å². The fourth-order valence-electron chi connectivity index (χ4n) is 1.61. The van der Waals surface area contributed by atoms with Crippen molar-refractivity contribution in [2.75, 3.05) is 26.4 Å². The summed E-state index contributed by atoms with van der Waals surface area (Å²) < 4.78 is 5.58. The number of nitrogens with two attached hydrogens (primary N) is 1. The van der Waals surface area contributed by atoms with Crippen LogP contribution in [0.3, 0.4) is 0 Å². The van der Waals surface area contributed by atoms with Crippen molar-refractivity contribution in [3.05, 3.63) is 23.8 Å². The standard InChI is InChI=1S/C14H22N2O2/c1-4-5-6-9-18-13-8-7-11(10-12(13)15)14(17)16(2)3/h7-8,10H,4-6,9,15H2,1-3H3. The van der Waals surface area contributed by atoms with Crippen LogP contribution in [0.5, 0.6) is 5.75 Å². The van der Waals surface area contributed by atoms with Gasteiger partial charge in [-0.1, -0.05) is 19.8 Å². The summed E-state index contributed by atoms with van der Waals surface area (Å²) >= 11 is 0. The lowest BCUT2D eigenvalue weighted by molar-refractivity contribution is 0.0827. The Morgan fingerprint density at radius 1 is 1.33 bits per heavy atom. The van der Waals surface area contributed by atoms with Crippen molar-refractivity contribution in [1.29, 1.82) is 0 Å². The SMILES string of the molecule is CCCCCOc1ccc(C(=O)N(C)C)cc1N. The summed E-state index contributed by atoms with van der Waals surface area (Å²) in [5, 5.41) is 0. The van der Waals surface area contributed by atoms with Crippen molar-refractivity contribution in [3.63, 3.8) is 0 Å². The molecule has 0 unspecified atom stereocenters. The van der Waals surface area contributed by atoms with E-state index >= 15 is 0 Å². The van der Waals surface area contributed by atoms with Gasteiger partial charge in [0.1, 0.15) is 5.75 Å². The fraction of sp³-hybridized carbons (Fsp3) is 0.500. The maximum Gasteiger partial charge on any atom is 0.253 e. The second-order valence-electron chi connectivity index (χ2n) is 4.51. The van der Waals surface area contributed by atoms with Crippen LogP contribution >= 0.6 is 0 Å². The molecule has 0 aliphatic carbocycles. The summed E-state index contributed by atoms with van der Waals surface area (Å²) in [6.07, 6.45) is 3.33. The highest BCUT2D eigenvalue weighted by Crippen LogP contribution is 2.23. The monoisotopic (exact) mass is 250 g/mol. The molecule has 0 radical (unpaired) electrons. The van der Waals surface area contributed by atoms with E-state index in [1.807, 2.05) is 0 Å². The number of hydrogen-bond donors (Lipinski definition) is 1. The number of nitrogens with zero attached hydrogens (tertiary/aromatic N) is 1. The summed E-state index contributed by atoms with van der Waals surface area (Å²) in [5.74, 6) is 0.598. The third kappa shape index (κ3) is 3.95. The van der Waals surface area contributed by atoms with E-state index in [2.05, 4.69) is 6.92 Å². The molecule has 0 aliphatic heterocycles. The molecule has 18 heavy (non-hydrogen) atoms. The largest absolute Gasteiger partial charge is 0.491 e. The summed E-state index contributed by atoms with van der Waals surface area (Å²) in [4.78, 5) is 13.3. The van der Waals surface area contributed by atoms with E-state index in [1.54, 1.807) is 32.3 Å². The molecule has 0 saturated carbocycles. The van der Waals surface area contributed by atoms with Crippen LogP contribution in [0.2, 0.25) is 0 Å². The second kappa shape index (κ2) is 6.89. The van der Waals surface area contributed by atoms with E-state index in [-0.39, 0.29) is 5.91 Å². The number of hydrogen-bond acceptors (Lipinski definition) is 3. The molecule has 1 amide bonds. The van der Waals surface area contributed by atoms with E-state index in [9.17, 15) is 4.79 Å². The predicted octanol–water partition coefficient (Wildman–Crippen LogP) is 2.54. The predicted molar refractivity (Wildman–Crippen MR) is 73.9 cm³/mol. The molecule has 0 aliphatic rings. The highest BCUT2D eigenvalue weighted by Gasteiger charge is 2.10. The molecule has 0 fully saturated rings. The Kier molecular flexibility index (Phi) is 5.49. The van der Waals surface area contributed by atoms with Gasteiger partial charge in [0, 0.05) is 19.7 Å².